The van der Waals surface area contributed by atoms with Crippen molar-refractivity contribution < 1.29 is 4.74 Å². The Labute approximate surface area is 112 Å². The highest BCUT2D eigenvalue weighted by molar-refractivity contribution is 5.46. The number of rotatable bonds is 5. The van der Waals surface area contributed by atoms with Crippen molar-refractivity contribution in [1.82, 2.24) is 4.98 Å². The predicted molar refractivity (Wildman–Crippen MR) is 74.1 cm³/mol. The SMILES string of the molecule is COc1cccc(CCNc2ccnc(C#N)c2)c1. The Kier molecular flexibility index (Phi) is 4.35. The van der Waals surface area contributed by atoms with Crippen LogP contribution < -0.4 is 10.1 Å². The van der Waals surface area contributed by atoms with E-state index in [0.29, 0.717) is 5.69 Å². The molecule has 96 valence electrons. The van der Waals surface area contributed by atoms with E-state index in [-0.39, 0.29) is 0 Å². The normalized spacial score (nSPS) is 9.68. The van der Waals surface area contributed by atoms with E-state index in [4.69, 9.17) is 10.00 Å². The summed E-state index contributed by atoms with van der Waals surface area (Å²) in [7, 11) is 1.66. The van der Waals surface area contributed by atoms with Gasteiger partial charge in [0.2, 0.25) is 0 Å². The Balaban J connectivity index is 1.90. The first-order chi connectivity index (χ1) is 9.31. The van der Waals surface area contributed by atoms with Crippen LogP contribution in [0.4, 0.5) is 5.69 Å². The summed E-state index contributed by atoms with van der Waals surface area (Å²) in [6.45, 7) is 0.794. The molecule has 0 radical (unpaired) electrons. The highest BCUT2D eigenvalue weighted by atomic mass is 16.5. The number of ether oxygens (including phenoxy) is 1. The van der Waals surface area contributed by atoms with E-state index < -0.39 is 0 Å². The Bertz CT molecular complexity index is 590. The molecule has 1 aromatic carbocycles. The predicted octanol–water partition coefficient (Wildman–Crippen LogP) is 2.62. The van der Waals surface area contributed by atoms with Gasteiger partial charge in [0.15, 0.2) is 0 Å². The van der Waals surface area contributed by atoms with Crippen LogP contribution in [-0.4, -0.2) is 18.6 Å². The average molecular weight is 253 g/mol. The molecule has 0 bridgehead atoms. The average Bonchev–Trinajstić information content (AvgIpc) is 2.48. The Hall–Kier alpha value is -2.54. The molecule has 0 aliphatic heterocycles. The molecule has 0 amide bonds. The highest BCUT2D eigenvalue weighted by Crippen LogP contribution is 2.13. The molecule has 0 spiro atoms. The number of anilines is 1. The molecular weight excluding hydrogens is 238 g/mol. The second-order valence-corrected chi connectivity index (χ2v) is 4.07. The molecule has 0 saturated heterocycles. The fourth-order valence-corrected chi connectivity index (χ4v) is 1.78. The van der Waals surface area contributed by atoms with Gasteiger partial charge in [-0.05, 0) is 36.2 Å². The largest absolute Gasteiger partial charge is 0.497 e. The monoisotopic (exact) mass is 253 g/mol. The van der Waals surface area contributed by atoms with Gasteiger partial charge in [-0.3, -0.25) is 0 Å². The Morgan fingerprint density at radius 3 is 3.00 bits per heavy atom. The zero-order valence-corrected chi connectivity index (χ0v) is 10.8. The molecule has 0 saturated carbocycles. The number of pyridine rings is 1. The van der Waals surface area contributed by atoms with Gasteiger partial charge in [-0.15, -0.1) is 0 Å². The molecule has 0 unspecified atom stereocenters. The number of hydrogen-bond donors (Lipinski definition) is 1. The van der Waals surface area contributed by atoms with Gasteiger partial charge in [-0.1, -0.05) is 12.1 Å². The minimum absolute atomic E-state index is 0.423. The van der Waals surface area contributed by atoms with Gasteiger partial charge in [-0.25, -0.2) is 4.98 Å². The van der Waals surface area contributed by atoms with Crippen molar-refractivity contribution in [3.8, 4) is 11.8 Å². The number of aromatic nitrogens is 1. The van der Waals surface area contributed by atoms with E-state index in [1.807, 2.05) is 30.3 Å². The molecule has 1 heterocycles. The summed E-state index contributed by atoms with van der Waals surface area (Å²) >= 11 is 0. The lowest BCUT2D eigenvalue weighted by atomic mass is 10.1. The van der Waals surface area contributed by atoms with Gasteiger partial charge in [0.1, 0.15) is 17.5 Å². The van der Waals surface area contributed by atoms with Crippen LogP contribution in [-0.2, 0) is 6.42 Å². The smallest absolute Gasteiger partial charge is 0.142 e. The number of hydrogen-bond acceptors (Lipinski definition) is 4. The maximum atomic E-state index is 8.77. The van der Waals surface area contributed by atoms with Crippen LogP contribution in [0, 0.1) is 11.3 Å². The molecule has 0 fully saturated rings. The van der Waals surface area contributed by atoms with Crippen LogP contribution in [0.5, 0.6) is 5.75 Å². The van der Waals surface area contributed by atoms with Crippen molar-refractivity contribution in [2.24, 2.45) is 0 Å². The molecule has 2 rings (SSSR count). The van der Waals surface area contributed by atoms with Crippen molar-refractivity contribution in [2.75, 3.05) is 19.0 Å². The third-order valence-electron chi connectivity index (χ3n) is 2.75. The minimum atomic E-state index is 0.423. The Morgan fingerprint density at radius 1 is 1.32 bits per heavy atom. The molecule has 4 nitrogen and oxygen atoms in total. The summed E-state index contributed by atoms with van der Waals surface area (Å²) in [5.41, 5.74) is 2.54. The number of nitrogens with zero attached hydrogens (tertiary/aromatic N) is 2. The number of nitrogens with one attached hydrogen (secondary N) is 1. The second-order valence-electron chi connectivity index (χ2n) is 4.07. The van der Waals surface area contributed by atoms with E-state index >= 15 is 0 Å². The van der Waals surface area contributed by atoms with Gasteiger partial charge in [0, 0.05) is 18.4 Å². The first-order valence-corrected chi connectivity index (χ1v) is 6.05. The fourth-order valence-electron chi connectivity index (χ4n) is 1.78. The van der Waals surface area contributed by atoms with E-state index in [1.54, 1.807) is 19.4 Å². The van der Waals surface area contributed by atoms with Gasteiger partial charge in [0.05, 0.1) is 7.11 Å². The topological polar surface area (TPSA) is 57.9 Å². The molecule has 1 aromatic heterocycles. The van der Waals surface area contributed by atoms with Crippen LogP contribution in [0.1, 0.15) is 11.3 Å². The van der Waals surface area contributed by atoms with E-state index in [1.165, 1.54) is 5.56 Å². The molecule has 2 aromatic rings. The lowest BCUT2D eigenvalue weighted by Crippen LogP contribution is -2.05. The van der Waals surface area contributed by atoms with Gasteiger partial charge >= 0.3 is 0 Å². The molecule has 1 N–H and O–H groups in total. The quantitative estimate of drug-likeness (QED) is 0.889. The first-order valence-electron chi connectivity index (χ1n) is 6.05. The van der Waals surface area contributed by atoms with Crippen molar-refractivity contribution in [3.63, 3.8) is 0 Å². The standard InChI is InChI=1S/C15H15N3O/c1-19-15-4-2-3-12(9-15)5-7-17-13-6-8-18-14(10-13)11-16/h2-4,6,8-10H,5,7H2,1H3,(H,17,18). The van der Waals surface area contributed by atoms with E-state index in [2.05, 4.69) is 16.4 Å². The zero-order chi connectivity index (χ0) is 13.5. The lowest BCUT2D eigenvalue weighted by molar-refractivity contribution is 0.414. The van der Waals surface area contributed by atoms with Crippen LogP contribution in [0.3, 0.4) is 0 Å². The molecule has 0 aliphatic carbocycles. The molecule has 19 heavy (non-hydrogen) atoms. The molecular formula is C15H15N3O. The van der Waals surface area contributed by atoms with Gasteiger partial charge in [-0.2, -0.15) is 5.26 Å². The number of nitriles is 1. The highest BCUT2D eigenvalue weighted by Gasteiger charge is 1.98. The van der Waals surface area contributed by atoms with Crippen LogP contribution in [0.25, 0.3) is 0 Å². The van der Waals surface area contributed by atoms with Crippen molar-refractivity contribution in [1.29, 1.82) is 5.26 Å². The summed E-state index contributed by atoms with van der Waals surface area (Å²) in [4.78, 5) is 3.93. The minimum Gasteiger partial charge on any atom is -0.497 e. The van der Waals surface area contributed by atoms with E-state index in [0.717, 1.165) is 24.4 Å². The fraction of sp³-hybridized carbons (Fsp3) is 0.200. The van der Waals surface area contributed by atoms with Crippen LogP contribution in [0.2, 0.25) is 0 Å². The van der Waals surface area contributed by atoms with Crippen molar-refractivity contribution >= 4 is 5.69 Å². The second kappa shape index (κ2) is 6.41. The molecule has 0 atom stereocenters. The van der Waals surface area contributed by atoms with Crippen LogP contribution in [0.15, 0.2) is 42.6 Å². The summed E-state index contributed by atoms with van der Waals surface area (Å²) in [6, 6.07) is 13.6. The van der Waals surface area contributed by atoms with E-state index in [9.17, 15) is 0 Å². The molecule has 0 aliphatic rings. The van der Waals surface area contributed by atoms with Gasteiger partial charge in [0.25, 0.3) is 0 Å². The first kappa shape index (κ1) is 12.9. The third kappa shape index (κ3) is 3.71. The van der Waals surface area contributed by atoms with Crippen LogP contribution >= 0.6 is 0 Å². The summed E-state index contributed by atoms with van der Waals surface area (Å²) in [6.07, 6.45) is 2.52. The number of benzene rings is 1. The lowest BCUT2D eigenvalue weighted by Gasteiger charge is -2.07. The van der Waals surface area contributed by atoms with Gasteiger partial charge < -0.3 is 10.1 Å². The third-order valence-corrected chi connectivity index (χ3v) is 2.75. The summed E-state index contributed by atoms with van der Waals surface area (Å²) in [5, 5.41) is 12.0. The molecule has 4 heteroatoms. The maximum absolute atomic E-state index is 8.77. The summed E-state index contributed by atoms with van der Waals surface area (Å²) in [5.74, 6) is 0.869. The van der Waals surface area contributed by atoms with Crippen molar-refractivity contribution in [2.45, 2.75) is 6.42 Å². The Morgan fingerprint density at radius 2 is 2.21 bits per heavy atom. The number of methoxy groups -OCH3 is 1. The zero-order valence-electron chi connectivity index (χ0n) is 10.8. The van der Waals surface area contributed by atoms with Crippen molar-refractivity contribution in [3.05, 3.63) is 53.9 Å². The maximum Gasteiger partial charge on any atom is 0.142 e. The summed E-state index contributed by atoms with van der Waals surface area (Å²) < 4.78 is 5.19.